The van der Waals surface area contributed by atoms with E-state index >= 15 is 0 Å². The molecule has 0 saturated carbocycles. The minimum atomic E-state index is -0.271. The zero-order chi connectivity index (χ0) is 12.0. The zero-order valence-corrected chi connectivity index (χ0v) is 10.7. The normalized spacial score (nSPS) is 34.7. The van der Waals surface area contributed by atoms with Crippen molar-refractivity contribution in [1.82, 2.24) is 10.2 Å². The van der Waals surface area contributed by atoms with E-state index in [-0.39, 0.29) is 16.9 Å². The second-order valence-corrected chi connectivity index (χ2v) is 5.99. The third-order valence-corrected chi connectivity index (χ3v) is 3.85. The Labute approximate surface area is 97.3 Å². The van der Waals surface area contributed by atoms with E-state index in [2.05, 4.69) is 37.9 Å². The maximum absolute atomic E-state index is 11.7. The standard InChI is InChI=1S/C12H22N2O2/c1-9(2)14-8-16-7-12(5-11(14,3)4)6-13-10(12)15/h9H,5-8H2,1-4H3,(H,13,15). The molecule has 92 valence electrons. The van der Waals surface area contributed by atoms with E-state index in [0.29, 0.717) is 19.4 Å². The molecule has 2 aliphatic rings. The Bertz CT molecular complexity index is 301. The summed E-state index contributed by atoms with van der Waals surface area (Å²) in [5, 5.41) is 2.84. The minimum Gasteiger partial charge on any atom is -0.365 e. The first kappa shape index (κ1) is 11.9. The highest BCUT2D eigenvalue weighted by Crippen LogP contribution is 2.39. The van der Waals surface area contributed by atoms with Crippen molar-refractivity contribution in [2.75, 3.05) is 19.9 Å². The molecule has 4 nitrogen and oxygen atoms in total. The Hall–Kier alpha value is -0.610. The number of hydrogen-bond acceptors (Lipinski definition) is 3. The maximum Gasteiger partial charge on any atom is 0.230 e. The summed E-state index contributed by atoms with van der Waals surface area (Å²) in [5.41, 5.74) is -0.254. The SMILES string of the molecule is CC(C)N1COCC2(CNC2=O)CC1(C)C. The monoisotopic (exact) mass is 226 g/mol. The van der Waals surface area contributed by atoms with Crippen molar-refractivity contribution in [2.24, 2.45) is 5.41 Å². The molecule has 2 heterocycles. The molecule has 1 amide bonds. The third-order valence-electron chi connectivity index (χ3n) is 3.85. The topological polar surface area (TPSA) is 41.6 Å². The lowest BCUT2D eigenvalue weighted by molar-refractivity contribution is -0.145. The maximum atomic E-state index is 11.7. The van der Waals surface area contributed by atoms with Crippen LogP contribution in [0, 0.1) is 5.41 Å². The molecule has 1 N–H and O–H groups in total. The average molecular weight is 226 g/mol. The number of nitrogens with zero attached hydrogens (tertiary/aromatic N) is 1. The average Bonchev–Trinajstić information content (AvgIpc) is 2.33. The van der Waals surface area contributed by atoms with Crippen LogP contribution in [0.5, 0.6) is 0 Å². The molecule has 2 aliphatic heterocycles. The fraction of sp³-hybridized carbons (Fsp3) is 0.917. The van der Waals surface area contributed by atoms with Crippen molar-refractivity contribution >= 4 is 5.91 Å². The predicted octanol–water partition coefficient (Wildman–Crippen LogP) is 0.969. The van der Waals surface area contributed by atoms with Crippen LogP contribution in [0.3, 0.4) is 0 Å². The zero-order valence-electron chi connectivity index (χ0n) is 10.7. The van der Waals surface area contributed by atoms with Crippen molar-refractivity contribution in [3.8, 4) is 0 Å². The third kappa shape index (κ3) is 1.74. The van der Waals surface area contributed by atoms with Crippen LogP contribution >= 0.6 is 0 Å². The van der Waals surface area contributed by atoms with E-state index in [1.807, 2.05) is 0 Å². The Morgan fingerprint density at radius 2 is 2.12 bits per heavy atom. The number of β-lactam (4-membered cyclic amide) rings is 1. The van der Waals surface area contributed by atoms with E-state index in [0.717, 1.165) is 13.0 Å². The largest absolute Gasteiger partial charge is 0.365 e. The van der Waals surface area contributed by atoms with Gasteiger partial charge in [0, 0.05) is 18.1 Å². The van der Waals surface area contributed by atoms with Gasteiger partial charge in [0.15, 0.2) is 0 Å². The molecule has 2 fully saturated rings. The lowest BCUT2D eigenvalue weighted by Gasteiger charge is -2.46. The second kappa shape index (κ2) is 3.70. The Morgan fingerprint density at radius 1 is 1.44 bits per heavy atom. The molecule has 0 aromatic carbocycles. The summed E-state index contributed by atoms with van der Waals surface area (Å²) in [6.45, 7) is 10.7. The number of amides is 1. The molecule has 1 spiro atoms. The summed E-state index contributed by atoms with van der Waals surface area (Å²) >= 11 is 0. The molecule has 0 aromatic heterocycles. The highest BCUT2D eigenvalue weighted by molar-refractivity contribution is 5.89. The summed E-state index contributed by atoms with van der Waals surface area (Å²) in [4.78, 5) is 14.0. The molecule has 1 atom stereocenters. The van der Waals surface area contributed by atoms with Gasteiger partial charge in [0.25, 0.3) is 0 Å². The molecule has 1 unspecified atom stereocenters. The molecule has 0 aromatic rings. The first-order valence-corrected chi connectivity index (χ1v) is 6.00. The molecule has 0 aliphatic carbocycles. The highest BCUT2D eigenvalue weighted by atomic mass is 16.5. The summed E-state index contributed by atoms with van der Waals surface area (Å²) in [7, 11) is 0. The van der Waals surface area contributed by atoms with E-state index in [9.17, 15) is 4.79 Å². The van der Waals surface area contributed by atoms with Crippen molar-refractivity contribution in [3.05, 3.63) is 0 Å². The summed E-state index contributed by atoms with van der Waals surface area (Å²) < 4.78 is 5.70. The number of rotatable bonds is 1. The summed E-state index contributed by atoms with van der Waals surface area (Å²) in [6.07, 6.45) is 0.879. The lowest BCUT2D eigenvalue weighted by atomic mass is 9.72. The van der Waals surface area contributed by atoms with E-state index < -0.39 is 0 Å². The lowest BCUT2D eigenvalue weighted by Crippen LogP contribution is -2.63. The van der Waals surface area contributed by atoms with Gasteiger partial charge >= 0.3 is 0 Å². The summed E-state index contributed by atoms with van der Waals surface area (Å²) in [6, 6.07) is 0.438. The summed E-state index contributed by atoms with van der Waals surface area (Å²) in [5.74, 6) is 0.159. The number of carbonyl (C=O) groups is 1. The molecule has 2 rings (SSSR count). The minimum absolute atomic E-state index is 0.0163. The van der Waals surface area contributed by atoms with E-state index in [1.54, 1.807) is 0 Å². The molecule has 0 bridgehead atoms. The Balaban J connectivity index is 2.20. The van der Waals surface area contributed by atoms with Crippen LogP contribution in [0.15, 0.2) is 0 Å². The van der Waals surface area contributed by atoms with Gasteiger partial charge in [0.2, 0.25) is 5.91 Å². The van der Waals surface area contributed by atoms with Gasteiger partial charge in [-0.05, 0) is 34.1 Å². The number of ether oxygens (including phenoxy) is 1. The van der Waals surface area contributed by atoms with Gasteiger partial charge < -0.3 is 10.1 Å². The molecule has 4 heteroatoms. The van der Waals surface area contributed by atoms with Crippen LogP contribution in [-0.2, 0) is 9.53 Å². The van der Waals surface area contributed by atoms with Gasteiger partial charge in [-0.3, -0.25) is 9.69 Å². The fourth-order valence-electron chi connectivity index (χ4n) is 3.01. The first-order chi connectivity index (χ1) is 7.37. The van der Waals surface area contributed by atoms with Gasteiger partial charge in [-0.1, -0.05) is 0 Å². The molecule has 0 radical (unpaired) electrons. The number of hydrogen-bond donors (Lipinski definition) is 1. The van der Waals surface area contributed by atoms with Crippen LogP contribution in [0.1, 0.15) is 34.1 Å². The van der Waals surface area contributed by atoms with E-state index in [1.165, 1.54) is 0 Å². The van der Waals surface area contributed by atoms with Crippen molar-refractivity contribution in [3.63, 3.8) is 0 Å². The van der Waals surface area contributed by atoms with Gasteiger partial charge in [-0.15, -0.1) is 0 Å². The molecular weight excluding hydrogens is 204 g/mol. The van der Waals surface area contributed by atoms with Gasteiger partial charge in [0.05, 0.1) is 18.8 Å². The van der Waals surface area contributed by atoms with Crippen molar-refractivity contribution in [2.45, 2.75) is 45.7 Å². The van der Waals surface area contributed by atoms with Crippen molar-refractivity contribution in [1.29, 1.82) is 0 Å². The molecule has 16 heavy (non-hydrogen) atoms. The van der Waals surface area contributed by atoms with Crippen LogP contribution in [-0.4, -0.2) is 42.3 Å². The smallest absolute Gasteiger partial charge is 0.230 e. The fourth-order valence-corrected chi connectivity index (χ4v) is 3.01. The molecular formula is C12H22N2O2. The Kier molecular flexibility index (Phi) is 2.75. The van der Waals surface area contributed by atoms with Gasteiger partial charge in [0.1, 0.15) is 0 Å². The van der Waals surface area contributed by atoms with Crippen LogP contribution in [0.25, 0.3) is 0 Å². The van der Waals surface area contributed by atoms with E-state index in [4.69, 9.17) is 4.74 Å². The van der Waals surface area contributed by atoms with Crippen LogP contribution in [0.2, 0.25) is 0 Å². The Morgan fingerprint density at radius 3 is 2.56 bits per heavy atom. The van der Waals surface area contributed by atoms with Crippen molar-refractivity contribution < 1.29 is 9.53 Å². The van der Waals surface area contributed by atoms with Gasteiger partial charge in [-0.25, -0.2) is 0 Å². The predicted molar refractivity (Wildman–Crippen MR) is 61.9 cm³/mol. The number of carbonyl (C=O) groups excluding carboxylic acids is 1. The highest BCUT2D eigenvalue weighted by Gasteiger charge is 2.52. The quantitative estimate of drug-likeness (QED) is 0.677. The van der Waals surface area contributed by atoms with Gasteiger partial charge in [-0.2, -0.15) is 0 Å². The molecule has 2 saturated heterocycles. The van der Waals surface area contributed by atoms with Crippen LogP contribution in [0.4, 0.5) is 0 Å². The van der Waals surface area contributed by atoms with Crippen LogP contribution < -0.4 is 5.32 Å². The number of nitrogens with one attached hydrogen (secondary N) is 1. The first-order valence-electron chi connectivity index (χ1n) is 6.00. The second-order valence-electron chi connectivity index (χ2n) is 5.99.